The molecule has 0 aromatic carbocycles. The first-order valence-corrected chi connectivity index (χ1v) is 11.6. The molecule has 0 aliphatic rings. The summed E-state index contributed by atoms with van der Waals surface area (Å²) in [4.78, 5) is 51.7. The van der Waals surface area contributed by atoms with Crippen LogP contribution >= 0.6 is 0 Å². The van der Waals surface area contributed by atoms with Gasteiger partial charge in [0, 0.05) is 25.8 Å². The van der Waals surface area contributed by atoms with Crippen LogP contribution in [0.25, 0.3) is 0 Å². The number of pyridine rings is 1. The number of sulfone groups is 1. The highest BCUT2D eigenvalue weighted by Crippen LogP contribution is 2.13. The molecule has 1 aromatic heterocycles. The van der Waals surface area contributed by atoms with Gasteiger partial charge in [0.2, 0.25) is 17.7 Å². The zero-order chi connectivity index (χ0) is 24.5. The van der Waals surface area contributed by atoms with Crippen LogP contribution in [0.4, 0.5) is 0 Å². The summed E-state index contributed by atoms with van der Waals surface area (Å²) in [5.74, 6) is -2.15. The van der Waals surface area contributed by atoms with Crippen LogP contribution in [0.15, 0.2) is 17.2 Å². The fourth-order valence-electron chi connectivity index (χ4n) is 2.43. The van der Waals surface area contributed by atoms with Gasteiger partial charge in [-0.2, -0.15) is 5.26 Å². The van der Waals surface area contributed by atoms with Crippen LogP contribution in [0, 0.1) is 11.3 Å². The summed E-state index contributed by atoms with van der Waals surface area (Å²) in [6, 6.07) is 2.39. The number of nitriles is 1. The van der Waals surface area contributed by atoms with Gasteiger partial charge in [-0.1, -0.05) is 0 Å². The van der Waals surface area contributed by atoms with E-state index < -0.39 is 44.7 Å². The Labute approximate surface area is 186 Å². The van der Waals surface area contributed by atoms with Crippen LogP contribution in [0.3, 0.4) is 0 Å². The van der Waals surface area contributed by atoms with Gasteiger partial charge < -0.3 is 21.3 Å². The van der Waals surface area contributed by atoms with Gasteiger partial charge >= 0.3 is 0 Å². The van der Waals surface area contributed by atoms with E-state index in [2.05, 4.69) is 26.3 Å². The minimum absolute atomic E-state index is 0.107. The van der Waals surface area contributed by atoms with Gasteiger partial charge in [0.1, 0.15) is 23.8 Å². The highest BCUT2D eigenvalue weighted by Gasteiger charge is 2.21. The molecule has 2 atom stereocenters. The molecule has 0 unspecified atom stereocenters. The number of likely N-dealkylation sites (N-methyl/N-ethyl adjacent to an activating group) is 1. The minimum atomic E-state index is -3.82. The zero-order valence-corrected chi connectivity index (χ0v) is 19.0. The second-order valence-corrected chi connectivity index (χ2v) is 8.78. The molecule has 1 aromatic rings. The second-order valence-electron chi connectivity index (χ2n) is 6.85. The quantitative estimate of drug-likeness (QED) is 0.325. The van der Waals surface area contributed by atoms with E-state index in [1.165, 1.54) is 26.0 Å². The van der Waals surface area contributed by atoms with Crippen molar-refractivity contribution in [2.24, 2.45) is 0 Å². The monoisotopic (exact) mass is 466 g/mol. The van der Waals surface area contributed by atoms with Crippen molar-refractivity contribution < 1.29 is 27.6 Å². The lowest BCUT2D eigenvalue weighted by Crippen LogP contribution is -2.51. The highest BCUT2D eigenvalue weighted by atomic mass is 32.2. The molecular weight excluding hydrogens is 440 g/mol. The Hall–Kier alpha value is -3.53. The van der Waals surface area contributed by atoms with Crippen molar-refractivity contribution in [3.8, 4) is 6.07 Å². The molecule has 4 amide bonds. The van der Waals surface area contributed by atoms with E-state index in [1.807, 2.05) is 0 Å². The van der Waals surface area contributed by atoms with Gasteiger partial charge in [-0.25, -0.2) is 13.4 Å². The average Bonchev–Trinajstić information content (AvgIpc) is 2.72. The Morgan fingerprint density at radius 1 is 1.06 bits per heavy atom. The number of carbonyl (C=O) groups is 4. The van der Waals surface area contributed by atoms with E-state index in [0.29, 0.717) is 6.54 Å². The molecule has 0 fully saturated rings. The normalized spacial score (nSPS) is 12.6. The van der Waals surface area contributed by atoms with Crippen molar-refractivity contribution >= 4 is 33.5 Å². The van der Waals surface area contributed by atoms with Crippen molar-refractivity contribution in [2.45, 2.75) is 44.3 Å². The van der Waals surface area contributed by atoms with E-state index in [0.717, 1.165) is 6.26 Å². The van der Waals surface area contributed by atoms with Crippen molar-refractivity contribution in [3.05, 3.63) is 23.4 Å². The number of aromatic nitrogens is 1. The lowest BCUT2D eigenvalue weighted by atomic mass is 10.2. The fourth-order valence-corrected chi connectivity index (χ4v) is 3.20. The standard InChI is InChI=1S/C19H26N6O6S/c1-5-21-16(27)11(2)24-17(28)12(3)23-15(26)8-9-22-18(29)14-7-6-13(10-20)19(25-14)32(4,30)31/h6-7,11-12H,5,8-9H2,1-4H3,(H,21,27)(H,22,29)(H,23,26)(H,24,28)/t11-,12-/m0/s1. The van der Waals surface area contributed by atoms with E-state index in [-0.39, 0.29) is 30.1 Å². The molecule has 0 aliphatic heterocycles. The number of hydrogen-bond acceptors (Lipinski definition) is 8. The Balaban J connectivity index is 2.57. The van der Waals surface area contributed by atoms with Crippen LogP contribution in [-0.4, -0.2) is 68.5 Å². The van der Waals surface area contributed by atoms with E-state index in [4.69, 9.17) is 5.26 Å². The summed E-state index contributed by atoms with van der Waals surface area (Å²) < 4.78 is 23.5. The van der Waals surface area contributed by atoms with E-state index in [1.54, 1.807) is 13.0 Å². The third-order valence-electron chi connectivity index (χ3n) is 4.08. The molecular formula is C19H26N6O6S. The molecule has 12 nitrogen and oxygen atoms in total. The second kappa shape index (κ2) is 11.8. The number of carbonyl (C=O) groups excluding carboxylic acids is 4. The smallest absolute Gasteiger partial charge is 0.269 e. The molecule has 0 bridgehead atoms. The Bertz CT molecular complexity index is 1030. The topological polar surface area (TPSA) is 187 Å². The van der Waals surface area contributed by atoms with Crippen molar-refractivity contribution in [1.82, 2.24) is 26.3 Å². The van der Waals surface area contributed by atoms with Gasteiger partial charge in [0.05, 0.1) is 5.56 Å². The maximum atomic E-state index is 12.2. The molecule has 0 saturated heterocycles. The first kappa shape index (κ1) is 26.5. The molecule has 13 heteroatoms. The number of rotatable bonds is 10. The summed E-state index contributed by atoms with van der Waals surface area (Å²) in [5.41, 5.74) is -0.408. The molecule has 1 heterocycles. The summed E-state index contributed by atoms with van der Waals surface area (Å²) in [6.07, 6.45) is 0.709. The van der Waals surface area contributed by atoms with E-state index >= 15 is 0 Å². The van der Waals surface area contributed by atoms with Crippen molar-refractivity contribution in [2.75, 3.05) is 19.3 Å². The Morgan fingerprint density at radius 2 is 1.69 bits per heavy atom. The molecule has 32 heavy (non-hydrogen) atoms. The Kier molecular flexibility index (Phi) is 9.73. The lowest BCUT2D eigenvalue weighted by Gasteiger charge is -2.18. The molecule has 0 aliphatic carbocycles. The Morgan fingerprint density at radius 3 is 2.25 bits per heavy atom. The van der Waals surface area contributed by atoms with Gasteiger partial charge in [0.25, 0.3) is 5.91 Å². The third-order valence-corrected chi connectivity index (χ3v) is 5.09. The molecule has 4 N–H and O–H groups in total. The van der Waals surface area contributed by atoms with Crippen LogP contribution in [0.1, 0.15) is 43.2 Å². The van der Waals surface area contributed by atoms with Crippen LogP contribution < -0.4 is 21.3 Å². The number of nitrogens with one attached hydrogen (secondary N) is 4. The lowest BCUT2D eigenvalue weighted by molar-refractivity contribution is -0.131. The maximum Gasteiger partial charge on any atom is 0.269 e. The number of hydrogen-bond donors (Lipinski definition) is 4. The molecule has 1 rings (SSSR count). The third kappa shape index (κ3) is 7.95. The maximum absolute atomic E-state index is 12.2. The molecule has 0 saturated carbocycles. The predicted molar refractivity (Wildman–Crippen MR) is 113 cm³/mol. The summed E-state index contributed by atoms with van der Waals surface area (Å²) in [7, 11) is -3.82. The van der Waals surface area contributed by atoms with Crippen molar-refractivity contribution in [3.63, 3.8) is 0 Å². The van der Waals surface area contributed by atoms with Crippen LogP contribution in [0.2, 0.25) is 0 Å². The molecule has 0 spiro atoms. The van der Waals surface area contributed by atoms with Gasteiger partial charge in [-0.05, 0) is 32.9 Å². The largest absolute Gasteiger partial charge is 0.355 e. The zero-order valence-electron chi connectivity index (χ0n) is 18.2. The van der Waals surface area contributed by atoms with Gasteiger partial charge in [-0.3, -0.25) is 19.2 Å². The first-order valence-electron chi connectivity index (χ1n) is 9.67. The van der Waals surface area contributed by atoms with Gasteiger partial charge in [-0.15, -0.1) is 0 Å². The minimum Gasteiger partial charge on any atom is -0.355 e. The summed E-state index contributed by atoms with van der Waals surface area (Å²) in [5, 5.41) is 18.4. The number of amides is 4. The number of nitrogens with zero attached hydrogens (tertiary/aromatic N) is 2. The van der Waals surface area contributed by atoms with Crippen molar-refractivity contribution in [1.29, 1.82) is 5.26 Å². The van der Waals surface area contributed by atoms with Crippen LogP contribution in [0.5, 0.6) is 0 Å². The van der Waals surface area contributed by atoms with Gasteiger partial charge in [0.15, 0.2) is 14.9 Å². The molecule has 0 radical (unpaired) electrons. The highest BCUT2D eigenvalue weighted by molar-refractivity contribution is 7.90. The fraction of sp³-hybridized carbons (Fsp3) is 0.474. The first-order chi connectivity index (χ1) is 14.9. The summed E-state index contributed by atoms with van der Waals surface area (Å²) >= 11 is 0. The van der Waals surface area contributed by atoms with E-state index in [9.17, 15) is 27.6 Å². The predicted octanol–water partition coefficient (Wildman–Crippen LogP) is -1.38. The SMILES string of the molecule is CCNC(=O)[C@H](C)NC(=O)[C@H](C)NC(=O)CCNC(=O)c1ccc(C#N)c(S(C)(=O)=O)n1. The van der Waals surface area contributed by atoms with Crippen LogP contribution in [-0.2, 0) is 24.2 Å². The average molecular weight is 467 g/mol. The molecule has 174 valence electrons. The summed E-state index contributed by atoms with van der Waals surface area (Å²) in [6.45, 7) is 5.02.